The lowest BCUT2D eigenvalue weighted by atomic mass is 10.1. The molecular formula is C30H35O2P. The van der Waals surface area contributed by atoms with Gasteiger partial charge >= 0.3 is 0 Å². The van der Waals surface area contributed by atoms with Gasteiger partial charge < -0.3 is 4.74 Å². The van der Waals surface area contributed by atoms with Crippen LogP contribution in [0.4, 0.5) is 0 Å². The van der Waals surface area contributed by atoms with Crippen LogP contribution in [0.25, 0.3) is 0 Å². The lowest BCUT2D eigenvalue weighted by Gasteiger charge is -2.12. The van der Waals surface area contributed by atoms with Crippen LogP contribution in [0.2, 0.25) is 0 Å². The molecule has 0 fully saturated rings. The minimum atomic E-state index is -2.90. The quantitative estimate of drug-likeness (QED) is 0.153. The fourth-order valence-corrected chi connectivity index (χ4v) is 5.86. The van der Waals surface area contributed by atoms with E-state index in [2.05, 4.69) is 35.8 Å². The molecule has 0 heterocycles. The third-order valence-electron chi connectivity index (χ3n) is 5.68. The third kappa shape index (κ3) is 8.70. The molecule has 3 heteroatoms. The monoisotopic (exact) mass is 458 g/mol. The third-order valence-corrected chi connectivity index (χ3v) is 8.20. The van der Waals surface area contributed by atoms with Gasteiger partial charge in [0, 0.05) is 23.6 Å². The molecule has 0 atom stereocenters. The number of benzene rings is 3. The van der Waals surface area contributed by atoms with Crippen LogP contribution < -0.4 is 10.6 Å². The van der Waals surface area contributed by atoms with Gasteiger partial charge in [-0.1, -0.05) is 129 Å². The van der Waals surface area contributed by atoms with Crippen LogP contribution in [-0.2, 0) is 15.9 Å². The molecular weight excluding hydrogens is 423 g/mol. The van der Waals surface area contributed by atoms with Crippen molar-refractivity contribution in [1.82, 2.24) is 0 Å². The fraction of sp³-hybridized carbons (Fsp3) is 0.333. The van der Waals surface area contributed by atoms with Gasteiger partial charge in [-0.25, -0.2) is 0 Å². The Bertz CT molecular complexity index is 977. The molecule has 0 aromatic heterocycles. The first-order valence-electron chi connectivity index (χ1n) is 12.1. The summed E-state index contributed by atoms with van der Waals surface area (Å²) >= 11 is 0. The van der Waals surface area contributed by atoms with Gasteiger partial charge in [-0.15, -0.1) is 0 Å². The van der Waals surface area contributed by atoms with Crippen molar-refractivity contribution in [2.45, 2.75) is 58.0 Å². The molecule has 0 unspecified atom stereocenters. The maximum absolute atomic E-state index is 13.8. The second-order valence-corrected chi connectivity index (χ2v) is 10.8. The Hall–Kier alpha value is -2.59. The number of rotatable bonds is 13. The first-order chi connectivity index (χ1) is 16.3. The lowest BCUT2D eigenvalue weighted by Crippen LogP contribution is -2.14. The molecule has 3 aromatic rings. The van der Waals surface area contributed by atoms with Crippen molar-refractivity contribution in [3.8, 4) is 11.6 Å². The molecule has 3 rings (SSSR count). The Kier molecular flexibility index (Phi) is 11.0. The van der Waals surface area contributed by atoms with Crippen molar-refractivity contribution in [1.29, 1.82) is 0 Å². The summed E-state index contributed by atoms with van der Waals surface area (Å²) in [7, 11) is -2.90. The highest BCUT2D eigenvalue weighted by atomic mass is 31.2. The number of unbranched alkanes of at least 4 members (excludes halogenated alkanes) is 7. The van der Waals surface area contributed by atoms with E-state index in [0.29, 0.717) is 6.61 Å². The average molecular weight is 459 g/mol. The van der Waals surface area contributed by atoms with Crippen molar-refractivity contribution >= 4 is 17.8 Å². The van der Waals surface area contributed by atoms with Crippen molar-refractivity contribution in [2.75, 3.05) is 6.61 Å². The minimum absolute atomic E-state index is 0.712. The van der Waals surface area contributed by atoms with Crippen LogP contribution in [0, 0.1) is 11.6 Å². The molecule has 0 N–H and O–H groups in total. The van der Waals surface area contributed by atoms with E-state index in [9.17, 15) is 4.57 Å². The highest BCUT2D eigenvalue weighted by Gasteiger charge is 2.24. The Morgan fingerprint density at radius 1 is 0.606 bits per heavy atom. The molecule has 0 saturated heterocycles. The van der Waals surface area contributed by atoms with Gasteiger partial charge in [0.05, 0.1) is 6.61 Å². The summed E-state index contributed by atoms with van der Waals surface area (Å²) < 4.78 is 19.5. The molecule has 33 heavy (non-hydrogen) atoms. The molecule has 3 aromatic carbocycles. The van der Waals surface area contributed by atoms with E-state index in [1.54, 1.807) is 0 Å². The van der Waals surface area contributed by atoms with Crippen molar-refractivity contribution in [3.05, 3.63) is 96.6 Å². The average Bonchev–Trinajstić information content (AvgIpc) is 2.88. The number of ether oxygens (including phenoxy) is 1. The van der Waals surface area contributed by atoms with E-state index in [0.717, 1.165) is 36.5 Å². The largest absolute Gasteiger partial charge is 0.377 e. The van der Waals surface area contributed by atoms with Crippen LogP contribution in [-0.4, -0.2) is 6.61 Å². The van der Waals surface area contributed by atoms with Gasteiger partial charge in [0.15, 0.2) is 0 Å². The Morgan fingerprint density at radius 2 is 1.09 bits per heavy atom. The van der Waals surface area contributed by atoms with E-state index in [1.165, 1.54) is 37.7 Å². The van der Waals surface area contributed by atoms with Crippen molar-refractivity contribution in [3.63, 3.8) is 0 Å². The molecule has 0 aliphatic carbocycles. The topological polar surface area (TPSA) is 26.3 Å². The van der Waals surface area contributed by atoms with Gasteiger partial charge in [0.2, 0.25) is 7.14 Å². The molecule has 172 valence electrons. The fourth-order valence-electron chi connectivity index (χ4n) is 3.79. The smallest absolute Gasteiger partial charge is 0.210 e. The summed E-state index contributed by atoms with van der Waals surface area (Å²) in [5.41, 5.74) is 4.40. The second kappa shape index (κ2) is 14.5. The lowest BCUT2D eigenvalue weighted by molar-refractivity contribution is 0.116. The van der Waals surface area contributed by atoms with Gasteiger partial charge in [-0.3, -0.25) is 4.57 Å². The van der Waals surface area contributed by atoms with E-state index in [1.807, 2.05) is 66.7 Å². The van der Waals surface area contributed by atoms with Gasteiger partial charge in [-0.2, -0.15) is 0 Å². The molecule has 0 aliphatic heterocycles. The molecule has 0 amide bonds. The minimum Gasteiger partial charge on any atom is -0.377 e. The van der Waals surface area contributed by atoms with Crippen molar-refractivity contribution < 1.29 is 9.30 Å². The zero-order valence-electron chi connectivity index (χ0n) is 19.5. The summed E-state index contributed by atoms with van der Waals surface area (Å²) in [6, 6.07) is 29.7. The Labute approximate surface area is 199 Å². The molecule has 0 saturated carbocycles. The maximum Gasteiger partial charge on any atom is 0.210 e. The van der Waals surface area contributed by atoms with Crippen LogP contribution in [0.3, 0.4) is 0 Å². The summed E-state index contributed by atoms with van der Waals surface area (Å²) in [5, 5.41) is 1.63. The molecule has 0 bridgehead atoms. The van der Waals surface area contributed by atoms with E-state index in [-0.39, 0.29) is 0 Å². The van der Waals surface area contributed by atoms with Crippen LogP contribution >= 0.6 is 7.14 Å². The van der Waals surface area contributed by atoms with Crippen molar-refractivity contribution in [2.24, 2.45) is 0 Å². The standard InChI is InChI=1S/C30H35O2P/c31-33(29-21-13-9-14-22-29,30-23-15-10-16-24-30)26-18-7-5-3-1-2-4-6-17-25-32-27-28-19-11-8-12-20-28/h8-16,19-24H,1-7,17,25,27H2. The second-order valence-electron chi connectivity index (χ2n) is 8.33. The van der Waals surface area contributed by atoms with E-state index in [4.69, 9.17) is 4.74 Å². The van der Waals surface area contributed by atoms with Gasteiger partial charge in [0.25, 0.3) is 0 Å². The molecule has 2 nitrogen and oxygen atoms in total. The van der Waals surface area contributed by atoms with E-state index < -0.39 is 7.14 Å². The SMILES string of the molecule is O=P(C#CCCCCCCCCCOCc1ccccc1)(c1ccccc1)c1ccccc1. The summed E-state index contributed by atoms with van der Waals surface area (Å²) in [6.45, 7) is 1.55. The van der Waals surface area contributed by atoms with Gasteiger partial charge in [0.1, 0.15) is 0 Å². The van der Waals surface area contributed by atoms with E-state index >= 15 is 0 Å². The predicted octanol–water partition coefficient (Wildman–Crippen LogP) is 7.30. The maximum atomic E-state index is 13.8. The van der Waals surface area contributed by atoms with Crippen LogP contribution in [0.1, 0.15) is 56.9 Å². The number of hydrogen-bond donors (Lipinski definition) is 0. The summed E-state index contributed by atoms with van der Waals surface area (Å²) in [4.78, 5) is 0. The van der Waals surface area contributed by atoms with Crippen LogP contribution in [0.5, 0.6) is 0 Å². The van der Waals surface area contributed by atoms with Crippen LogP contribution in [0.15, 0.2) is 91.0 Å². The molecule has 0 spiro atoms. The zero-order valence-corrected chi connectivity index (χ0v) is 20.4. The molecule has 0 aliphatic rings. The highest BCUT2D eigenvalue weighted by Crippen LogP contribution is 2.41. The summed E-state index contributed by atoms with van der Waals surface area (Å²) in [5.74, 6) is 3.23. The molecule has 0 radical (unpaired) electrons. The Morgan fingerprint density at radius 3 is 1.67 bits per heavy atom. The normalized spacial score (nSPS) is 11.0. The Balaban J connectivity index is 1.30. The first-order valence-corrected chi connectivity index (χ1v) is 13.8. The predicted molar refractivity (Wildman–Crippen MR) is 141 cm³/mol. The summed E-state index contributed by atoms with van der Waals surface area (Å²) in [6.07, 6.45) is 9.17. The highest BCUT2D eigenvalue weighted by molar-refractivity contribution is 7.83. The van der Waals surface area contributed by atoms with Gasteiger partial charge in [-0.05, 0) is 24.1 Å². The first kappa shape index (κ1) is 25.0. The number of hydrogen-bond acceptors (Lipinski definition) is 2. The zero-order chi connectivity index (χ0) is 23.0.